The van der Waals surface area contributed by atoms with Gasteiger partial charge in [0.25, 0.3) is 0 Å². The van der Waals surface area contributed by atoms with E-state index < -0.39 is 6.43 Å². The Morgan fingerprint density at radius 3 is 2.29 bits per heavy atom. The van der Waals surface area contributed by atoms with Crippen LogP contribution in [-0.4, -0.2) is 6.43 Å². The average Bonchev–Trinajstić information content (AvgIpc) is 1.61. The fraction of sp³-hybridized carbons (Fsp3) is 0.750. The van der Waals surface area contributed by atoms with E-state index in [0.717, 1.165) is 0 Å². The van der Waals surface area contributed by atoms with Crippen LogP contribution >= 0.6 is 0 Å². The molecule has 0 aliphatic rings. The highest BCUT2D eigenvalue weighted by atomic mass is 19.3. The van der Waals surface area contributed by atoms with Crippen molar-refractivity contribution in [2.45, 2.75) is 19.3 Å². The molecule has 0 aliphatic carbocycles. The van der Waals surface area contributed by atoms with Crippen LogP contribution in [0.4, 0.5) is 8.78 Å². The third-order valence-electron chi connectivity index (χ3n) is 0.474. The minimum absolute atomic E-state index is 0.0440. The fourth-order valence-corrected chi connectivity index (χ4v) is 0.174. The predicted octanol–water partition coefficient (Wildman–Crippen LogP) is 1.56. The van der Waals surface area contributed by atoms with Gasteiger partial charge in [0.1, 0.15) is 0 Å². The van der Waals surface area contributed by atoms with E-state index in [-0.39, 0.29) is 12.8 Å². The first-order chi connectivity index (χ1) is 3.27. The molecule has 0 saturated heterocycles. The van der Waals surface area contributed by atoms with Gasteiger partial charge < -0.3 is 0 Å². The van der Waals surface area contributed by atoms with E-state index in [0.29, 0.717) is 0 Å². The van der Waals surface area contributed by atoms with Crippen LogP contribution in [0, 0.1) is 11.3 Å². The summed E-state index contributed by atoms with van der Waals surface area (Å²) in [5.74, 6) is 0. The van der Waals surface area contributed by atoms with Crippen LogP contribution in [0.3, 0.4) is 0 Å². The molecule has 0 aromatic carbocycles. The van der Waals surface area contributed by atoms with Crippen LogP contribution < -0.4 is 0 Å². The first kappa shape index (κ1) is 6.35. The van der Waals surface area contributed by atoms with Crippen LogP contribution in [0.1, 0.15) is 12.8 Å². The van der Waals surface area contributed by atoms with E-state index in [9.17, 15) is 8.78 Å². The molecule has 0 radical (unpaired) electrons. The largest absolute Gasteiger partial charge is 0.239 e. The molecule has 0 saturated carbocycles. The molecule has 0 N–H and O–H groups in total. The zero-order valence-corrected chi connectivity index (χ0v) is 3.69. The second-order valence-corrected chi connectivity index (χ2v) is 1.09. The van der Waals surface area contributed by atoms with E-state index in [1.807, 2.05) is 0 Å². The van der Waals surface area contributed by atoms with Gasteiger partial charge in [-0.25, -0.2) is 8.78 Å². The Morgan fingerprint density at radius 2 is 2.14 bits per heavy atom. The number of alkyl halides is 2. The molecule has 0 heterocycles. The Bertz CT molecular complexity index is 74.2. The SMILES string of the molecule is N#CCCC(F)F. The normalized spacial score (nSPS) is 8.86. The highest BCUT2D eigenvalue weighted by Crippen LogP contribution is 2.00. The van der Waals surface area contributed by atoms with Crippen molar-refractivity contribution in [2.75, 3.05) is 0 Å². The molecule has 0 amide bonds. The Hall–Kier alpha value is -0.650. The van der Waals surface area contributed by atoms with Crippen molar-refractivity contribution in [3.8, 4) is 6.07 Å². The summed E-state index contributed by atoms with van der Waals surface area (Å²) in [6, 6.07) is 1.62. The Kier molecular flexibility index (Phi) is 3.21. The Morgan fingerprint density at radius 1 is 1.57 bits per heavy atom. The zero-order chi connectivity index (χ0) is 5.70. The van der Waals surface area contributed by atoms with Crippen LogP contribution in [0.2, 0.25) is 0 Å². The lowest BCUT2D eigenvalue weighted by molar-refractivity contribution is 0.139. The van der Waals surface area contributed by atoms with Crippen LogP contribution in [0.25, 0.3) is 0 Å². The van der Waals surface area contributed by atoms with Crippen LogP contribution in [0.5, 0.6) is 0 Å². The third kappa shape index (κ3) is 5.35. The molecule has 0 aliphatic heterocycles. The average molecular weight is 105 g/mol. The van der Waals surface area contributed by atoms with Gasteiger partial charge in [0, 0.05) is 12.8 Å². The summed E-state index contributed by atoms with van der Waals surface area (Å²) in [4.78, 5) is 0. The van der Waals surface area contributed by atoms with Crippen LogP contribution in [-0.2, 0) is 0 Å². The van der Waals surface area contributed by atoms with E-state index in [1.165, 1.54) is 0 Å². The molecule has 0 rings (SSSR count). The summed E-state index contributed by atoms with van der Waals surface area (Å²) in [5, 5.41) is 7.73. The van der Waals surface area contributed by atoms with Gasteiger partial charge in [0.15, 0.2) is 0 Å². The second kappa shape index (κ2) is 3.54. The van der Waals surface area contributed by atoms with Crippen molar-refractivity contribution in [3.63, 3.8) is 0 Å². The Balaban J connectivity index is 2.86. The molecule has 1 nitrogen and oxygen atoms in total. The van der Waals surface area contributed by atoms with Gasteiger partial charge >= 0.3 is 0 Å². The number of hydrogen-bond acceptors (Lipinski definition) is 1. The molecule has 0 atom stereocenters. The quantitative estimate of drug-likeness (QED) is 0.522. The van der Waals surface area contributed by atoms with Gasteiger partial charge in [-0.3, -0.25) is 0 Å². The molecule has 0 spiro atoms. The van der Waals surface area contributed by atoms with Crippen molar-refractivity contribution < 1.29 is 8.78 Å². The topological polar surface area (TPSA) is 23.8 Å². The summed E-state index contributed by atoms with van der Waals surface area (Å²) >= 11 is 0. The summed E-state index contributed by atoms with van der Waals surface area (Å²) in [5.41, 5.74) is 0. The molecule has 40 valence electrons. The van der Waals surface area contributed by atoms with Crippen molar-refractivity contribution >= 4 is 0 Å². The minimum atomic E-state index is -2.32. The molecule has 7 heavy (non-hydrogen) atoms. The predicted molar refractivity (Wildman–Crippen MR) is 20.9 cm³/mol. The minimum Gasteiger partial charge on any atom is -0.210 e. The maximum atomic E-state index is 11.1. The number of rotatable bonds is 2. The molecular weight excluding hydrogens is 100 g/mol. The van der Waals surface area contributed by atoms with E-state index >= 15 is 0 Å². The van der Waals surface area contributed by atoms with Gasteiger partial charge in [-0.2, -0.15) is 5.26 Å². The lowest BCUT2D eigenvalue weighted by Gasteiger charge is -1.86. The maximum Gasteiger partial charge on any atom is 0.239 e. The number of hydrogen-bond donors (Lipinski definition) is 0. The molecule has 0 bridgehead atoms. The first-order valence-corrected chi connectivity index (χ1v) is 1.92. The number of halogens is 2. The number of nitrogens with zero attached hydrogens (tertiary/aromatic N) is 1. The smallest absolute Gasteiger partial charge is 0.210 e. The highest BCUT2D eigenvalue weighted by Gasteiger charge is 1.98. The van der Waals surface area contributed by atoms with Gasteiger partial charge in [-0.15, -0.1) is 0 Å². The highest BCUT2D eigenvalue weighted by molar-refractivity contribution is 4.68. The second-order valence-electron chi connectivity index (χ2n) is 1.09. The third-order valence-corrected chi connectivity index (χ3v) is 0.474. The molecule has 0 fully saturated rings. The molecule has 0 unspecified atom stereocenters. The standard InChI is InChI=1S/C4H5F2N/c5-4(6)2-1-3-7/h4H,1-2H2. The summed E-state index contributed by atoms with van der Waals surface area (Å²) in [7, 11) is 0. The lowest BCUT2D eigenvalue weighted by atomic mass is 10.3. The van der Waals surface area contributed by atoms with Crippen molar-refractivity contribution in [3.05, 3.63) is 0 Å². The summed E-state index contributed by atoms with van der Waals surface area (Å²) in [6.45, 7) is 0. The van der Waals surface area contributed by atoms with Gasteiger partial charge in [-0.05, 0) is 0 Å². The zero-order valence-electron chi connectivity index (χ0n) is 3.69. The van der Waals surface area contributed by atoms with Crippen molar-refractivity contribution in [2.24, 2.45) is 0 Å². The molecule has 0 aromatic heterocycles. The summed E-state index contributed by atoms with van der Waals surface area (Å²) < 4.78 is 22.1. The van der Waals surface area contributed by atoms with Crippen molar-refractivity contribution in [1.82, 2.24) is 0 Å². The molecule has 3 heteroatoms. The lowest BCUT2D eigenvalue weighted by Crippen LogP contribution is -1.86. The van der Waals surface area contributed by atoms with Gasteiger partial charge in [0.05, 0.1) is 6.07 Å². The van der Waals surface area contributed by atoms with Gasteiger partial charge in [-0.1, -0.05) is 0 Å². The first-order valence-electron chi connectivity index (χ1n) is 1.92. The molecule has 0 aromatic rings. The van der Waals surface area contributed by atoms with E-state index in [2.05, 4.69) is 0 Å². The van der Waals surface area contributed by atoms with E-state index in [1.54, 1.807) is 6.07 Å². The van der Waals surface area contributed by atoms with E-state index in [4.69, 9.17) is 5.26 Å². The van der Waals surface area contributed by atoms with Crippen LogP contribution in [0.15, 0.2) is 0 Å². The number of nitriles is 1. The van der Waals surface area contributed by atoms with Gasteiger partial charge in [0.2, 0.25) is 6.43 Å². The Labute approximate surface area is 40.6 Å². The monoisotopic (exact) mass is 105 g/mol. The molecular formula is C4H5F2N. The maximum absolute atomic E-state index is 11.1. The summed E-state index contributed by atoms with van der Waals surface area (Å²) in [6.07, 6.45) is -2.66. The van der Waals surface area contributed by atoms with Crippen molar-refractivity contribution in [1.29, 1.82) is 5.26 Å². The fourth-order valence-electron chi connectivity index (χ4n) is 0.174.